The van der Waals surface area contributed by atoms with Crippen molar-refractivity contribution in [3.63, 3.8) is 0 Å². The van der Waals surface area contributed by atoms with Gasteiger partial charge in [-0.15, -0.1) is 0 Å². The number of benzene rings is 1. The largest absolute Gasteiger partial charge is 0.271 e. The van der Waals surface area contributed by atoms with Crippen molar-refractivity contribution in [2.24, 2.45) is 5.84 Å². The van der Waals surface area contributed by atoms with Crippen LogP contribution in [-0.2, 0) is 6.42 Å². The van der Waals surface area contributed by atoms with E-state index >= 15 is 0 Å². The highest BCUT2D eigenvalue weighted by atomic mass is 35.5. The van der Waals surface area contributed by atoms with Crippen LogP contribution in [0.3, 0.4) is 0 Å². The maximum Gasteiger partial charge on any atom is 0.0504 e. The number of nitrogens with two attached hydrogens (primary N) is 1. The van der Waals surface area contributed by atoms with Crippen LogP contribution in [0.15, 0.2) is 42.7 Å². The summed E-state index contributed by atoms with van der Waals surface area (Å²) < 4.78 is 0. The van der Waals surface area contributed by atoms with Crippen molar-refractivity contribution in [2.75, 3.05) is 0 Å². The summed E-state index contributed by atoms with van der Waals surface area (Å²) in [6.07, 6.45) is 4.45. The molecule has 0 aliphatic heterocycles. The fraction of sp³-hybridized carbons (Fsp3) is 0.214. The number of pyridine rings is 1. The number of halogens is 1. The molecule has 0 fully saturated rings. The van der Waals surface area contributed by atoms with Gasteiger partial charge in [-0.1, -0.05) is 23.7 Å². The summed E-state index contributed by atoms with van der Waals surface area (Å²) in [7, 11) is 0. The van der Waals surface area contributed by atoms with Gasteiger partial charge in [0, 0.05) is 17.4 Å². The van der Waals surface area contributed by atoms with Gasteiger partial charge in [-0.3, -0.25) is 16.3 Å². The molecule has 0 saturated heterocycles. The first-order valence-electron chi connectivity index (χ1n) is 5.82. The van der Waals surface area contributed by atoms with Crippen LogP contribution in [-0.4, -0.2) is 4.98 Å². The Kier molecular flexibility index (Phi) is 4.31. The monoisotopic (exact) mass is 261 g/mol. The first kappa shape index (κ1) is 13.0. The lowest BCUT2D eigenvalue weighted by atomic mass is 9.97. The summed E-state index contributed by atoms with van der Waals surface area (Å²) in [6.45, 7) is 2.04. The molecule has 0 spiro atoms. The number of hydrazine groups is 1. The summed E-state index contributed by atoms with van der Waals surface area (Å²) in [5.74, 6) is 5.65. The smallest absolute Gasteiger partial charge is 0.0504 e. The summed E-state index contributed by atoms with van der Waals surface area (Å²) >= 11 is 5.88. The van der Waals surface area contributed by atoms with Crippen LogP contribution < -0.4 is 11.3 Å². The van der Waals surface area contributed by atoms with Gasteiger partial charge in [0.25, 0.3) is 0 Å². The molecule has 2 rings (SSSR count). The second-order valence-corrected chi connectivity index (χ2v) is 4.72. The van der Waals surface area contributed by atoms with Crippen molar-refractivity contribution in [3.8, 4) is 0 Å². The topological polar surface area (TPSA) is 50.9 Å². The molecular formula is C14H16ClN3. The number of rotatable bonds is 4. The number of aromatic nitrogens is 1. The molecule has 0 bridgehead atoms. The number of aryl methyl sites for hydroxylation is 1. The fourth-order valence-electron chi connectivity index (χ4n) is 1.99. The number of hydrogen-bond donors (Lipinski definition) is 2. The van der Waals surface area contributed by atoms with Gasteiger partial charge in [-0.2, -0.15) is 0 Å². The van der Waals surface area contributed by atoms with E-state index in [9.17, 15) is 0 Å². The van der Waals surface area contributed by atoms with Crippen LogP contribution in [0.1, 0.15) is 22.7 Å². The van der Waals surface area contributed by atoms with Gasteiger partial charge in [-0.05, 0) is 48.2 Å². The van der Waals surface area contributed by atoms with Gasteiger partial charge >= 0.3 is 0 Å². The van der Waals surface area contributed by atoms with Crippen LogP contribution >= 0.6 is 11.6 Å². The molecule has 1 aromatic carbocycles. The molecular weight excluding hydrogens is 246 g/mol. The minimum Gasteiger partial charge on any atom is -0.271 e. The minimum absolute atomic E-state index is 0.0779. The quantitative estimate of drug-likeness (QED) is 0.657. The zero-order valence-corrected chi connectivity index (χ0v) is 11.0. The molecule has 1 aromatic heterocycles. The van der Waals surface area contributed by atoms with Crippen molar-refractivity contribution >= 4 is 11.6 Å². The zero-order chi connectivity index (χ0) is 13.0. The summed E-state index contributed by atoms with van der Waals surface area (Å²) in [4.78, 5) is 4.09. The summed E-state index contributed by atoms with van der Waals surface area (Å²) in [5, 5.41) is 0.746. The molecule has 3 N–H and O–H groups in total. The Balaban J connectivity index is 2.20. The molecule has 0 radical (unpaired) electrons. The Labute approximate surface area is 112 Å². The number of nitrogens with one attached hydrogen (secondary N) is 1. The predicted octanol–water partition coefficient (Wildman–Crippen LogP) is 2.79. The first-order chi connectivity index (χ1) is 8.70. The molecule has 1 unspecified atom stereocenters. The lowest BCUT2D eigenvalue weighted by molar-refractivity contribution is 0.549. The number of hydrogen-bond acceptors (Lipinski definition) is 3. The van der Waals surface area contributed by atoms with Crippen molar-refractivity contribution in [1.82, 2.24) is 10.4 Å². The van der Waals surface area contributed by atoms with E-state index in [1.165, 1.54) is 11.1 Å². The van der Waals surface area contributed by atoms with Crippen molar-refractivity contribution in [2.45, 2.75) is 19.4 Å². The van der Waals surface area contributed by atoms with E-state index in [0.29, 0.717) is 0 Å². The predicted molar refractivity (Wildman–Crippen MR) is 74.2 cm³/mol. The van der Waals surface area contributed by atoms with Crippen molar-refractivity contribution in [1.29, 1.82) is 0 Å². The lowest BCUT2D eigenvalue weighted by Crippen LogP contribution is -2.30. The molecule has 0 aliphatic carbocycles. The number of nitrogens with zero attached hydrogens (tertiary/aromatic N) is 1. The first-order valence-corrected chi connectivity index (χ1v) is 6.19. The molecule has 1 heterocycles. The fourth-order valence-corrected chi connectivity index (χ4v) is 2.12. The van der Waals surface area contributed by atoms with E-state index < -0.39 is 0 Å². The van der Waals surface area contributed by atoms with E-state index in [-0.39, 0.29) is 6.04 Å². The standard InChI is InChI=1S/C14H16ClN3/c1-10-9-17-7-6-13(10)14(18-16)8-11-2-4-12(15)5-3-11/h2-7,9,14,18H,8,16H2,1H3. The SMILES string of the molecule is Cc1cnccc1C(Cc1ccc(Cl)cc1)NN. The highest BCUT2D eigenvalue weighted by Crippen LogP contribution is 2.21. The highest BCUT2D eigenvalue weighted by molar-refractivity contribution is 6.30. The van der Waals surface area contributed by atoms with Gasteiger partial charge in [0.2, 0.25) is 0 Å². The molecule has 4 heteroatoms. The maximum absolute atomic E-state index is 5.88. The van der Waals surface area contributed by atoms with Crippen LogP contribution in [0, 0.1) is 6.92 Å². The molecule has 3 nitrogen and oxygen atoms in total. The third-order valence-electron chi connectivity index (χ3n) is 2.99. The van der Waals surface area contributed by atoms with Crippen molar-refractivity contribution in [3.05, 3.63) is 64.4 Å². The average molecular weight is 262 g/mol. The third kappa shape index (κ3) is 3.07. The molecule has 0 aliphatic rings. The normalized spacial score (nSPS) is 12.4. The molecule has 0 amide bonds. The van der Waals surface area contributed by atoms with Crippen LogP contribution in [0.5, 0.6) is 0 Å². The van der Waals surface area contributed by atoms with Gasteiger partial charge in [0.05, 0.1) is 6.04 Å². The van der Waals surface area contributed by atoms with Crippen LogP contribution in [0.25, 0.3) is 0 Å². The summed E-state index contributed by atoms with van der Waals surface area (Å²) in [5.41, 5.74) is 6.36. The molecule has 0 saturated carbocycles. The Hall–Kier alpha value is -1.42. The Morgan fingerprint density at radius 2 is 2.00 bits per heavy atom. The molecule has 18 heavy (non-hydrogen) atoms. The van der Waals surface area contributed by atoms with E-state index in [1.807, 2.05) is 43.5 Å². The van der Waals surface area contributed by atoms with E-state index in [1.54, 1.807) is 6.20 Å². The summed E-state index contributed by atoms with van der Waals surface area (Å²) in [6, 6.07) is 9.89. The highest BCUT2D eigenvalue weighted by Gasteiger charge is 2.12. The van der Waals surface area contributed by atoms with Gasteiger partial charge in [0.1, 0.15) is 0 Å². The van der Waals surface area contributed by atoms with Gasteiger partial charge in [0.15, 0.2) is 0 Å². The van der Waals surface area contributed by atoms with E-state index in [0.717, 1.165) is 17.0 Å². The Morgan fingerprint density at radius 1 is 1.28 bits per heavy atom. The second-order valence-electron chi connectivity index (χ2n) is 4.28. The van der Waals surface area contributed by atoms with E-state index in [2.05, 4.69) is 10.4 Å². The minimum atomic E-state index is 0.0779. The Bertz CT molecular complexity index is 511. The van der Waals surface area contributed by atoms with Crippen LogP contribution in [0.4, 0.5) is 0 Å². The molecule has 2 aromatic rings. The lowest BCUT2D eigenvalue weighted by Gasteiger charge is -2.18. The van der Waals surface area contributed by atoms with Crippen molar-refractivity contribution < 1.29 is 0 Å². The van der Waals surface area contributed by atoms with E-state index in [4.69, 9.17) is 17.4 Å². The van der Waals surface area contributed by atoms with Gasteiger partial charge < -0.3 is 0 Å². The molecule has 1 atom stereocenters. The van der Waals surface area contributed by atoms with Crippen LogP contribution in [0.2, 0.25) is 5.02 Å². The Morgan fingerprint density at radius 3 is 2.61 bits per heavy atom. The second kappa shape index (κ2) is 5.96. The third-order valence-corrected chi connectivity index (χ3v) is 3.25. The molecule has 94 valence electrons. The zero-order valence-electron chi connectivity index (χ0n) is 10.2. The maximum atomic E-state index is 5.88. The van der Waals surface area contributed by atoms with Gasteiger partial charge in [-0.25, -0.2) is 0 Å². The average Bonchev–Trinajstić information content (AvgIpc) is 2.39.